The largest absolute Gasteiger partial charge is 0.480 e. The van der Waals surface area contributed by atoms with Gasteiger partial charge in [-0.2, -0.15) is 0 Å². The molecule has 0 spiro atoms. The van der Waals surface area contributed by atoms with Crippen LogP contribution in [0.15, 0.2) is 60.9 Å². The van der Waals surface area contributed by atoms with Gasteiger partial charge in [-0.05, 0) is 43.0 Å². The Kier molecular flexibility index (Phi) is 4.98. The summed E-state index contributed by atoms with van der Waals surface area (Å²) in [6.45, 7) is 4.40. The van der Waals surface area contributed by atoms with Crippen molar-refractivity contribution in [3.63, 3.8) is 0 Å². The van der Waals surface area contributed by atoms with Crippen molar-refractivity contribution in [1.29, 1.82) is 0 Å². The molecule has 128 valence electrons. The number of carbonyl (C=O) groups is 1. The van der Waals surface area contributed by atoms with E-state index in [2.05, 4.69) is 11.1 Å². The fourth-order valence-electron chi connectivity index (χ4n) is 2.86. The molecule has 0 fully saturated rings. The molecule has 0 aliphatic heterocycles. The molecule has 3 rings (SSSR count). The summed E-state index contributed by atoms with van der Waals surface area (Å²) in [5, 5.41) is 2.07. The zero-order chi connectivity index (χ0) is 17.8. The summed E-state index contributed by atoms with van der Waals surface area (Å²) >= 11 is 0. The minimum absolute atomic E-state index is 0.0251. The number of hydrogen-bond donors (Lipinski definition) is 0. The number of aromatic nitrogens is 1. The molecule has 1 unspecified atom stereocenters. The third-order valence-electron chi connectivity index (χ3n) is 4.36. The first-order valence-electron chi connectivity index (χ1n) is 8.45. The maximum absolute atomic E-state index is 12.3. The number of pyridine rings is 1. The Morgan fingerprint density at radius 1 is 1.12 bits per heavy atom. The molecule has 4 heteroatoms. The Bertz CT molecular complexity index is 877. The van der Waals surface area contributed by atoms with Crippen LogP contribution < -0.4 is 4.74 Å². The maximum atomic E-state index is 12.3. The van der Waals surface area contributed by atoms with E-state index in [1.807, 2.05) is 55.6 Å². The molecule has 0 aliphatic carbocycles. The average Bonchev–Trinajstić information content (AvgIpc) is 2.67. The van der Waals surface area contributed by atoms with Gasteiger partial charge in [-0.25, -0.2) is 0 Å². The first kappa shape index (κ1) is 17.0. The third-order valence-corrected chi connectivity index (χ3v) is 4.36. The van der Waals surface area contributed by atoms with E-state index in [9.17, 15) is 4.79 Å². The smallest absolute Gasteiger partial charge is 0.263 e. The van der Waals surface area contributed by atoms with Gasteiger partial charge >= 0.3 is 0 Å². The molecule has 25 heavy (non-hydrogen) atoms. The first-order chi connectivity index (χ1) is 12.1. The van der Waals surface area contributed by atoms with Gasteiger partial charge in [0, 0.05) is 36.9 Å². The molecule has 0 N–H and O–H groups in total. The molecule has 1 amide bonds. The summed E-state index contributed by atoms with van der Waals surface area (Å²) in [7, 11) is 1.78. The molecule has 4 nitrogen and oxygen atoms in total. The number of rotatable bonds is 5. The SMILES string of the molecule is CCN(C)C(=O)C(C)Oc1ccc(-c2cccnc2)c2ccccc12. The molecular weight excluding hydrogens is 312 g/mol. The van der Waals surface area contributed by atoms with E-state index in [1.165, 1.54) is 0 Å². The summed E-state index contributed by atoms with van der Waals surface area (Å²) in [5.74, 6) is 0.691. The Morgan fingerprint density at radius 3 is 2.56 bits per heavy atom. The number of likely N-dealkylation sites (N-methyl/N-ethyl adjacent to an activating group) is 1. The number of nitrogens with zero attached hydrogens (tertiary/aromatic N) is 2. The van der Waals surface area contributed by atoms with Crippen LogP contribution in [0.25, 0.3) is 21.9 Å². The van der Waals surface area contributed by atoms with E-state index in [-0.39, 0.29) is 5.91 Å². The number of fused-ring (bicyclic) bond motifs is 1. The van der Waals surface area contributed by atoms with E-state index in [0.29, 0.717) is 12.3 Å². The lowest BCUT2D eigenvalue weighted by atomic mass is 9.99. The summed E-state index contributed by atoms with van der Waals surface area (Å²) < 4.78 is 6.00. The molecule has 0 radical (unpaired) electrons. The van der Waals surface area contributed by atoms with Crippen LogP contribution in [0.5, 0.6) is 5.75 Å². The van der Waals surface area contributed by atoms with Crippen molar-refractivity contribution in [3.05, 3.63) is 60.9 Å². The molecule has 2 aromatic carbocycles. The topological polar surface area (TPSA) is 42.4 Å². The predicted molar refractivity (Wildman–Crippen MR) is 101 cm³/mol. The van der Waals surface area contributed by atoms with Crippen LogP contribution in [0.1, 0.15) is 13.8 Å². The second kappa shape index (κ2) is 7.34. The minimum Gasteiger partial charge on any atom is -0.480 e. The van der Waals surface area contributed by atoms with E-state index >= 15 is 0 Å². The normalized spacial score (nSPS) is 12.0. The van der Waals surface area contributed by atoms with Gasteiger partial charge in [0.15, 0.2) is 6.10 Å². The molecule has 0 saturated carbocycles. The summed E-state index contributed by atoms with van der Waals surface area (Å²) in [6, 6.07) is 16.0. The van der Waals surface area contributed by atoms with E-state index in [4.69, 9.17) is 4.74 Å². The van der Waals surface area contributed by atoms with Gasteiger partial charge in [0.05, 0.1) is 0 Å². The van der Waals surface area contributed by atoms with Crippen molar-refractivity contribution < 1.29 is 9.53 Å². The molecule has 3 aromatic rings. The van der Waals surface area contributed by atoms with Crippen LogP contribution in [-0.2, 0) is 4.79 Å². The van der Waals surface area contributed by atoms with E-state index in [0.717, 1.165) is 21.9 Å². The zero-order valence-corrected chi connectivity index (χ0v) is 14.8. The Labute approximate surface area is 148 Å². The summed E-state index contributed by atoms with van der Waals surface area (Å²) in [6.07, 6.45) is 3.09. The lowest BCUT2D eigenvalue weighted by Crippen LogP contribution is -2.37. The fourth-order valence-corrected chi connectivity index (χ4v) is 2.86. The van der Waals surface area contributed by atoms with Crippen LogP contribution in [0.3, 0.4) is 0 Å². The van der Waals surface area contributed by atoms with Gasteiger partial charge < -0.3 is 9.64 Å². The van der Waals surface area contributed by atoms with E-state index < -0.39 is 6.10 Å². The zero-order valence-electron chi connectivity index (χ0n) is 14.8. The first-order valence-corrected chi connectivity index (χ1v) is 8.45. The highest BCUT2D eigenvalue weighted by molar-refractivity contribution is 6.00. The molecule has 0 bridgehead atoms. The van der Waals surface area contributed by atoms with Crippen molar-refractivity contribution in [3.8, 4) is 16.9 Å². The highest BCUT2D eigenvalue weighted by Crippen LogP contribution is 2.34. The Morgan fingerprint density at radius 2 is 1.88 bits per heavy atom. The second-order valence-electron chi connectivity index (χ2n) is 6.01. The van der Waals surface area contributed by atoms with Gasteiger partial charge in [0.25, 0.3) is 5.91 Å². The van der Waals surface area contributed by atoms with Crippen LogP contribution in [0.2, 0.25) is 0 Å². The van der Waals surface area contributed by atoms with Crippen molar-refractivity contribution in [2.24, 2.45) is 0 Å². The highest BCUT2D eigenvalue weighted by Gasteiger charge is 2.19. The predicted octanol–water partition coefficient (Wildman–Crippen LogP) is 4.15. The quantitative estimate of drug-likeness (QED) is 0.704. The maximum Gasteiger partial charge on any atom is 0.263 e. The number of benzene rings is 2. The highest BCUT2D eigenvalue weighted by atomic mass is 16.5. The van der Waals surface area contributed by atoms with Crippen LogP contribution >= 0.6 is 0 Å². The van der Waals surface area contributed by atoms with Gasteiger partial charge in [0.2, 0.25) is 0 Å². The molecule has 1 atom stereocenters. The minimum atomic E-state index is -0.530. The monoisotopic (exact) mass is 334 g/mol. The van der Waals surface area contributed by atoms with Crippen molar-refractivity contribution in [2.75, 3.05) is 13.6 Å². The molecule has 0 aliphatic rings. The summed E-state index contributed by atoms with van der Waals surface area (Å²) in [5.41, 5.74) is 2.15. The van der Waals surface area contributed by atoms with Crippen LogP contribution in [0, 0.1) is 0 Å². The van der Waals surface area contributed by atoms with Gasteiger partial charge in [0.1, 0.15) is 5.75 Å². The lowest BCUT2D eigenvalue weighted by Gasteiger charge is -2.21. The molecule has 0 saturated heterocycles. The van der Waals surface area contributed by atoms with Crippen molar-refractivity contribution >= 4 is 16.7 Å². The number of amides is 1. The number of ether oxygens (including phenoxy) is 1. The van der Waals surface area contributed by atoms with Gasteiger partial charge in [-0.3, -0.25) is 9.78 Å². The summed E-state index contributed by atoms with van der Waals surface area (Å²) in [4.78, 5) is 18.2. The lowest BCUT2D eigenvalue weighted by molar-refractivity contribution is -0.136. The Balaban J connectivity index is 2.00. The van der Waals surface area contributed by atoms with E-state index in [1.54, 1.807) is 25.1 Å². The van der Waals surface area contributed by atoms with Crippen molar-refractivity contribution in [2.45, 2.75) is 20.0 Å². The van der Waals surface area contributed by atoms with Gasteiger partial charge in [-0.15, -0.1) is 0 Å². The molecular formula is C21H22N2O2. The molecule has 1 heterocycles. The standard InChI is InChI=1S/C21H22N2O2/c1-4-23(3)21(24)15(2)25-20-12-11-17(16-8-7-13-22-14-16)18-9-5-6-10-19(18)20/h5-15H,4H2,1-3H3. The van der Waals surface area contributed by atoms with Gasteiger partial charge in [-0.1, -0.05) is 30.3 Å². The van der Waals surface area contributed by atoms with Crippen LogP contribution in [0.4, 0.5) is 0 Å². The van der Waals surface area contributed by atoms with Crippen molar-refractivity contribution in [1.82, 2.24) is 9.88 Å². The third kappa shape index (κ3) is 3.48. The molecule has 1 aromatic heterocycles. The number of hydrogen-bond acceptors (Lipinski definition) is 3. The Hall–Kier alpha value is -2.88. The average molecular weight is 334 g/mol. The fraction of sp³-hybridized carbons (Fsp3) is 0.238. The second-order valence-corrected chi connectivity index (χ2v) is 6.01. The number of carbonyl (C=O) groups excluding carboxylic acids is 1. The van der Waals surface area contributed by atoms with Crippen LogP contribution in [-0.4, -0.2) is 35.5 Å².